The molecule has 0 spiro atoms. The predicted octanol–water partition coefficient (Wildman–Crippen LogP) is -0.442. The van der Waals surface area contributed by atoms with Crippen molar-refractivity contribution in [2.75, 3.05) is 13.6 Å². The summed E-state index contributed by atoms with van der Waals surface area (Å²) in [5.41, 5.74) is 4.59. The Morgan fingerprint density at radius 1 is 1.08 bits per heavy atom. The Labute approximate surface area is 138 Å². The smallest absolute Gasteiger partial charge is 0.271 e. The number of nitrogens with zero attached hydrogens (tertiary/aromatic N) is 3. The van der Waals surface area contributed by atoms with Gasteiger partial charge < -0.3 is 0 Å². The van der Waals surface area contributed by atoms with Gasteiger partial charge in [-0.2, -0.15) is 4.31 Å². The van der Waals surface area contributed by atoms with Crippen LogP contribution < -0.4 is 10.9 Å². The van der Waals surface area contributed by atoms with Crippen LogP contribution in [0.1, 0.15) is 10.4 Å². The lowest BCUT2D eigenvalue weighted by Crippen LogP contribution is -2.46. The van der Waals surface area contributed by atoms with Crippen LogP contribution in [-0.2, 0) is 14.8 Å². The van der Waals surface area contributed by atoms with Crippen LogP contribution in [0.4, 0.5) is 0 Å². The number of rotatable bonds is 5. The van der Waals surface area contributed by atoms with E-state index < -0.39 is 28.4 Å². The number of aromatic nitrogens is 2. The molecule has 0 radical (unpaired) electrons. The average molecular weight is 349 g/mol. The molecule has 0 saturated heterocycles. The van der Waals surface area contributed by atoms with Gasteiger partial charge in [0.2, 0.25) is 10.0 Å². The summed E-state index contributed by atoms with van der Waals surface area (Å²) >= 11 is 0. The molecule has 24 heavy (non-hydrogen) atoms. The van der Waals surface area contributed by atoms with Gasteiger partial charge in [0, 0.05) is 31.8 Å². The molecule has 2 N–H and O–H groups in total. The van der Waals surface area contributed by atoms with Gasteiger partial charge in [-0.1, -0.05) is 0 Å². The minimum atomic E-state index is -3.84. The molecule has 2 aromatic heterocycles. The highest BCUT2D eigenvalue weighted by atomic mass is 32.2. The first-order chi connectivity index (χ1) is 11.4. The second-order valence-electron chi connectivity index (χ2n) is 4.69. The molecule has 10 heteroatoms. The predicted molar refractivity (Wildman–Crippen MR) is 83.9 cm³/mol. The van der Waals surface area contributed by atoms with E-state index in [4.69, 9.17) is 0 Å². The third-order valence-electron chi connectivity index (χ3n) is 2.95. The van der Waals surface area contributed by atoms with E-state index in [-0.39, 0.29) is 10.5 Å². The van der Waals surface area contributed by atoms with E-state index in [1.165, 1.54) is 50.0 Å². The maximum absolute atomic E-state index is 12.2. The Kier molecular flexibility index (Phi) is 5.55. The van der Waals surface area contributed by atoms with Crippen molar-refractivity contribution in [1.82, 2.24) is 25.1 Å². The lowest BCUT2D eigenvalue weighted by Gasteiger charge is -2.16. The van der Waals surface area contributed by atoms with Crippen molar-refractivity contribution in [3.63, 3.8) is 0 Å². The number of likely N-dealkylation sites (N-methyl/N-ethyl adjacent to an activating group) is 1. The molecule has 0 aliphatic heterocycles. The van der Waals surface area contributed by atoms with Crippen LogP contribution in [0.5, 0.6) is 0 Å². The van der Waals surface area contributed by atoms with E-state index in [0.717, 1.165) is 4.31 Å². The van der Waals surface area contributed by atoms with Crippen LogP contribution >= 0.6 is 0 Å². The molecule has 126 valence electrons. The number of carbonyl (C=O) groups is 2. The van der Waals surface area contributed by atoms with Crippen molar-refractivity contribution >= 4 is 21.8 Å². The quantitative estimate of drug-likeness (QED) is 0.706. The van der Waals surface area contributed by atoms with E-state index in [9.17, 15) is 18.0 Å². The number of carbonyl (C=O) groups excluding carboxylic acids is 2. The van der Waals surface area contributed by atoms with Crippen LogP contribution in [0.25, 0.3) is 0 Å². The van der Waals surface area contributed by atoms with Crippen molar-refractivity contribution in [3.05, 3.63) is 54.6 Å². The minimum Gasteiger partial charge on any atom is -0.272 e. The van der Waals surface area contributed by atoms with Crippen molar-refractivity contribution in [2.24, 2.45) is 0 Å². The number of hydrogen-bond donors (Lipinski definition) is 2. The fourth-order valence-electron chi connectivity index (χ4n) is 1.70. The molecule has 2 heterocycles. The Balaban J connectivity index is 1.91. The maximum Gasteiger partial charge on any atom is 0.271 e. The van der Waals surface area contributed by atoms with Crippen molar-refractivity contribution in [2.45, 2.75) is 4.90 Å². The number of pyridine rings is 2. The van der Waals surface area contributed by atoms with Crippen LogP contribution in [0.2, 0.25) is 0 Å². The zero-order valence-corrected chi connectivity index (χ0v) is 13.5. The van der Waals surface area contributed by atoms with E-state index in [2.05, 4.69) is 20.8 Å². The van der Waals surface area contributed by atoms with E-state index >= 15 is 0 Å². The second-order valence-corrected chi connectivity index (χ2v) is 6.74. The van der Waals surface area contributed by atoms with Gasteiger partial charge in [0.05, 0.1) is 12.1 Å². The normalized spacial score (nSPS) is 11.1. The van der Waals surface area contributed by atoms with Crippen molar-refractivity contribution in [1.29, 1.82) is 0 Å². The second kappa shape index (κ2) is 7.62. The standard InChI is InChI=1S/C14H15N5O4S/c1-19(24(22,23)12-5-3-7-16-9-12)10-13(20)17-18-14(21)11-4-2-6-15-8-11/h2-9H,10H2,1H3,(H,17,20)(H,18,21). The topological polar surface area (TPSA) is 121 Å². The van der Waals surface area contributed by atoms with Crippen LogP contribution in [-0.4, -0.2) is 48.1 Å². The van der Waals surface area contributed by atoms with Gasteiger partial charge in [-0.15, -0.1) is 0 Å². The SMILES string of the molecule is CN(CC(=O)NNC(=O)c1cccnc1)S(=O)(=O)c1cccnc1. The van der Waals surface area contributed by atoms with Gasteiger partial charge in [0.1, 0.15) is 4.90 Å². The summed E-state index contributed by atoms with van der Waals surface area (Å²) in [4.78, 5) is 31.0. The average Bonchev–Trinajstić information content (AvgIpc) is 2.61. The molecule has 0 atom stereocenters. The fourth-order valence-corrected chi connectivity index (χ4v) is 2.79. The maximum atomic E-state index is 12.2. The van der Waals surface area contributed by atoms with E-state index in [0.29, 0.717) is 0 Å². The Morgan fingerprint density at radius 2 is 1.75 bits per heavy atom. The molecular formula is C14H15N5O4S. The summed E-state index contributed by atoms with van der Waals surface area (Å²) < 4.78 is 25.3. The molecule has 0 saturated carbocycles. The monoisotopic (exact) mass is 349 g/mol. The zero-order chi connectivity index (χ0) is 17.6. The van der Waals surface area contributed by atoms with Gasteiger partial charge in [-0.3, -0.25) is 30.4 Å². The summed E-state index contributed by atoms with van der Waals surface area (Å²) in [5, 5.41) is 0. The van der Waals surface area contributed by atoms with Crippen LogP contribution in [0.15, 0.2) is 53.9 Å². The molecule has 0 aliphatic rings. The number of hydrazine groups is 1. The Morgan fingerprint density at radius 3 is 2.33 bits per heavy atom. The highest BCUT2D eigenvalue weighted by Gasteiger charge is 2.23. The molecule has 0 unspecified atom stereocenters. The first kappa shape index (κ1) is 17.5. The molecule has 9 nitrogen and oxygen atoms in total. The van der Waals surface area contributed by atoms with Gasteiger partial charge >= 0.3 is 0 Å². The van der Waals surface area contributed by atoms with Crippen LogP contribution in [0, 0.1) is 0 Å². The van der Waals surface area contributed by atoms with Gasteiger partial charge in [-0.25, -0.2) is 8.42 Å². The Hall–Kier alpha value is -2.85. The zero-order valence-electron chi connectivity index (χ0n) is 12.7. The summed E-state index contributed by atoms with van der Waals surface area (Å²) in [6, 6.07) is 5.95. The van der Waals surface area contributed by atoms with Crippen molar-refractivity contribution in [3.8, 4) is 0 Å². The summed E-state index contributed by atoms with van der Waals surface area (Å²) in [6.45, 7) is -0.468. The molecular weight excluding hydrogens is 334 g/mol. The minimum absolute atomic E-state index is 0.0281. The first-order valence-corrected chi connectivity index (χ1v) is 8.21. The largest absolute Gasteiger partial charge is 0.272 e. The summed E-state index contributed by atoms with van der Waals surface area (Å²) in [7, 11) is -2.58. The number of hydrogen-bond acceptors (Lipinski definition) is 6. The third-order valence-corrected chi connectivity index (χ3v) is 4.73. The highest BCUT2D eigenvalue weighted by Crippen LogP contribution is 2.11. The number of sulfonamides is 1. The lowest BCUT2D eigenvalue weighted by molar-refractivity contribution is -0.121. The summed E-state index contributed by atoms with van der Waals surface area (Å²) in [6.07, 6.45) is 5.47. The van der Waals surface area contributed by atoms with E-state index in [1.807, 2.05) is 0 Å². The van der Waals surface area contributed by atoms with Gasteiger partial charge in [0.15, 0.2) is 0 Å². The Bertz CT molecular complexity index is 812. The van der Waals surface area contributed by atoms with Gasteiger partial charge in [0.25, 0.3) is 11.8 Å². The third kappa shape index (κ3) is 4.33. The fraction of sp³-hybridized carbons (Fsp3) is 0.143. The highest BCUT2D eigenvalue weighted by molar-refractivity contribution is 7.89. The molecule has 2 rings (SSSR count). The van der Waals surface area contributed by atoms with Gasteiger partial charge in [-0.05, 0) is 24.3 Å². The molecule has 2 amide bonds. The first-order valence-electron chi connectivity index (χ1n) is 6.77. The van der Waals surface area contributed by atoms with E-state index in [1.54, 1.807) is 6.07 Å². The molecule has 0 bridgehead atoms. The summed E-state index contributed by atoms with van der Waals surface area (Å²) in [5.74, 6) is -1.25. The molecule has 2 aromatic rings. The number of amides is 2. The molecule has 0 aromatic carbocycles. The number of nitrogens with one attached hydrogen (secondary N) is 2. The molecule has 0 aliphatic carbocycles. The van der Waals surface area contributed by atoms with Crippen LogP contribution in [0.3, 0.4) is 0 Å². The molecule has 0 fully saturated rings. The lowest BCUT2D eigenvalue weighted by atomic mass is 10.3. The van der Waals surface area contributed by atoms with Crippen molar-refractivity contribution < 1.29 is 18.0 Å².